The SMILES string of the molecule is NCCNc1cccc2c1CN(C1CCC(=O)NC1=O)C2. The monoisotopic (exact) mass is 288 g/mol. The van der Waals surface area contributed by atoms with Crippen molar-refractivity contribution in [3.63, 3.8) is 0 Å². The van der Waals surface area contributed by atoms with Gasteiger partial charge in [-0.2, -0.15) is 0 Å². The molecule has 21 heavy (non-hydrogen) atoms. The summed E-state index contributed by atoms with van der Waals surface area (Å²) in [6.45, 7) is 2.80. The Labute approximate surface area is 123 Å². The van der Waals surface area contributed by atoms with Crippen molar-refractivity contribution >= 4 is 17.5 Å². The van der Waals surface area contributed by atoms with Gasteiger partial charge in [-0.15, -0.1) is 0 Å². The van der Waals surface area contributed by atoms with Crippen molar-refractivity contribution in [2.75, 3.05) is 18.4 Å². The van der Waals surface area contributed by atoms with Crippen LogP contribution in [0.15, 0.2) is 18.2 Å². The molecule has 4 N–H and O–H groups in total. The number of amides is 2. The number of rotatable bonds is 4. The van der Waals surface area contributed by atoms with Crippen LogP contribution in [-0.2, 0) is 22.7 Å². The van der Waals surface area contributed by atoms with Gasteiger partial charge in [-0.25, -0.2) is 0 Å². The Morgan fingerprint density at radius 3 is 2.95 bits per heavy atom. The Hall–Kier alpha value is -1.92. The number of anilines is 1. The van der Waals surface area contributed by atoms with E-state index in [2.05, 4.69) is 21.6 Å². The fourth-order valence-corrected chi connectivity index (χ4v) is 3.07. The maximum Gasteiger partial charge on any atom is 0.243 e. The quantitative estimate of drug-likeness (QED) is 0.688. The summed E-state index contributed by atoms with van der Waals surface area (Å²) < 4.78 is 0. The summed E-state index contributed by atoms with van der Waals surface area (Å²) in [5.74, 6) is -0.339. The van der Waals surface area contributed by atoms with Crippen molar-refractivity contribution in [3.05, 3.63) is 29.3 Å². The molecule has 1 aromatic rings. The highest BCUT2D eigenvalue weighted by atomic mass is 16.2. The standard InChI is InChI=1S/C15H20N4O2/c16-6-7-17-12-3-1-2-10-8-19(9-11(10)12)13-4-5-14(20)18-15(13)21/h1-3,13,17H,4-9,16H2,(H,18,20,21). The van der Waals surface area contributed by atoms with E-state index in [9.17, 15) is 9.59 Å². The van der Waals surface area contributed by atoms with Crippen LogP contribution >= 0.6 is 0 Å². The third kappa shape index (κ3) is 2.77. The Morgan fingerprint density at radius 2 is 2.19 bits per heavy atom. The van der Waals surface area contributed by atoms with E-state index in [1.54, 1.807) is 0 Å². The topological polar surface area (TPSA) is 87.5 Å². The van der Waals surface area contributed by atoms with Crippen LogP contribution in [0.5, 0.6) is 0 Å². The van der Waals surface area contributed by atoms with Gasteiger partial charge in [0.25, 0.3) is 0 Å². The predicted molar refractivity (Wildman–Crippen MR) is 79.4 cm³/mol. The zero-order chi connectivity index (χ0) is 14.8. The number of imide groups is 1. The van der Waals surface area contributed by atoms with Gasteiger partial charge >= 0.3 is 0 Å². The molecule has 2 heterocycles. The number of hydrogen-bond acceptors (Lipinski definition) is 5. The molecule has 0 spiro atoms. The first-order valence-electron chi connectivity index (χ1n) is 7.31. The molecule has 1 unspecified atom stereocenters. The summed E-state index contributed by atoms with van der Waals surface area (Å²) in [7, 11) is 0. The van der Waals surface area contributed by atoms with Crippen LogP contribution in [0.3, 0.4) is 0 Å². The van der Waals surface area contributed by atoms with Crippen LogP contribution in [0.4, 0.5) is 5.69 Å². The minimum Gasteiger partial charge on any atom is -0.384 e. The lowest BCUT2D eigenvalue weighted by Crippen LogP contribution is -2.50. The number of carbonyl (C=O) groups is 2. The van der Waals surface area contributed by atoms with Crippen molar-refractivity contribution in [1.29, 1.82) is 0 Å². The fourth-order valence-electron chi connectivity index (χ4n) is 3.07. The van der Waals surface area contributed by atoms with Gasteiger partial charge in [-0.05, 0) is 23.6 Å². The number of fused-ring (bicyclic) bond motifs is 1. The summed E-state index contributed by atoms with van der Waals surface area (Å²) in [4.78, 5) is 25.4. The van der Waals surface area contributed by atoms with Crippen LogP contribution in [0.25, 0.3) is 0 Å². The van der Waals surface area contributed by atoms with E-state index in [4.69, 9.17) is 5.73 Å². The maximum absolute atomic E-state index is 12.0. The van der Waals surface area contributed by atoms with Gasteiger partial charge in [0, 0.05) is 38.3 Å². The van der Waals surface area contributed by atoms with E-state index >= 15 is 0 Å². The van der Waals surface area contributed by atoms with Crippen molar-refractivity contribution in [3.8, 4) is 0 Å². The first-order chi connectivity index (χ1) is 10.2. The third-order valence-electron chi connectivity index (χ3n) is 4.12. The second kappa shape index (κ2) is 5.83. The second-order valence-corrected chi connectivity index (χ2v) is 5.53. The van der Waals surface area contributed by atoms with Crippen LogP contribution in [0, 0.1) is 0 Å². The Kier molecular flexibility index (Phi) is 3.90. The smallest absolute Gasteiger partial charge is 0.243 e. The zero-order valence-corrected chi connectivity index (χ0v) is 11.9. The predicted octanol–water partition coefficient (Wildman–Crippen LogP) is 0.178. The molecule has 1 atom stereocenters. The van der Waals surface area contributed by atoms with Gasteiger partial charge < -0.3 is 11.1 Å². The van der Waals surface area contributed by atoms with E-state index in [1.807, 2.05) is 12.1 Å². The lowest BCUT2D eigenvalue weighted by atomic mass is 10.0. The normalized spacial score (nSPS) is 22.0. The minimum atomic E-state index is -0.211. The van der Waals surface area contributed by atoms with Crippen molar-refractivity contribution < 1.29 is 9.59 Å². The molecule has 1 saturated heterocycles. The average molecular weight is 288 g/mol. The largest absolute Gasteiger partial charge is 0.384 e. The molecule has 2 amide bonds. The Morgan fingerprint density at radius 1 is 1.33 bits per heavy atom. The lowest BCUT2D eigenvalue weighted by Gasteiger charge is -2.29. The summed E-state index contributed by atoms with van der Waals surface area (Å²) >= 11 is 0. The average Bonchev–Trinajstić information content (AvgIpc) is 2.89. The molecule has 0 bridgehead atoms. The first-order valence-corrected chi connectivity index (χ1v) is 7.31. The first kappa shape index (κ1) is 14.0. The molecule has 0 saturated carbocycles. The van der Waals surface area contributed by atoms with Gasteiger partial charge in [0.05, 0.1) is 6.04 Å². The fraction of sp³-hybridized carbons (Fsp3) is 0.467. The summed E-state index contributed by atoms with van der Waals surface area (Å²) in [5, 5.41) is 5.76. The van der Waals surface area contributed by atoms with Gasteiger partial charge in [0.2, 0.25) is 11.8 Å². The molecule has 2 aliphatic heterocycles. The number of hydrogen-bond donors (Lipinski definition) is 3. The number of nitrogens with one attached hydrogen (secondary N) is 2. The van der Waals surface area contributed by atoms with E-state index in [0.29, 0.717) is 19.4 Å². The number of benzene rings is 1. The van der Waals surface area contributed by atoms with Crippen LogP contribution < -0.4 is 16.4 Å². The lowest BCUT2D eigenvalue weighted by molar-refractivity contribution is -0.137. The molecule has 112 valence electrons. The molecule has 0 radical (unpaired) electrons. The molecule has 0 aromatic heterocycles. The van der Waals surface area contributed by atoms with Crippen LogP contribution in [-0.4, -0.2) is 35.8 Å². The van der Waals surface area contributed by atoms with Crippen molar-refractivity contribution in [1.82, 2.24) is 10.2 Å². The van der Waals surface area contributed by atoms with E-state index in [-0.39, 0.29) is 17.9 Å². The minimum absolute atomic E-state index is 0.168. The molecule has 1 fully saturated rings. The van der Waals surface area contributed by atoms with Crippen LogP contribution in [0.2, 0.25) is 0 Å². The molecule has 6 nitrogen and oxygen atoms in total. The highest BCUT2D eigenvalue weighted by Gasteiger charge is 2.35. The molecule has 1 aromatic carbocycles. The molecular formula is C15H20N4O2. The van der Waals surface area contributed by atoms with Crippen molar-refractivity contribution in [2.24, 2.45) is 5.73 Å². The van der Waals surface area contributed by atoms with E-state index in [1.165, 1.54) is 11.1 Å². The number of carbonyl (C=O) groups excluding carboxylic acids is 2. The van der Waals surface area contributed by atoms with Gasteiger partial charge in [-0.1, -0.05) is 12.1 Å². The molecule has 6 heteroatoms. The zero-order valence-electron chi connectivity index (χ0n) is 11.9. The highest BCUT2D eigenvalue weighted by Crippen LogP contribution is 2.31. The number of nitrogens with zero attached hydrogens (tertiary/aromatic N) is 1. The molecule has 3 rings (SSSR count). The van der Waals surface area contributed by atoms with E-state index in [0.717, 1.165) is 25.3 Å². The van der Waals surface area contributed by atoms with E-state index < -0.39 is 0 Å². The Balaban J connectivity index is 1.75. The summed E-state index contributed by atoms with van der Waals surface area (Å²) in [6.07, 6.45) is 1.02. The van der Waals surface area contributed by atoms with Gasteiger partial charge in [0.15, 0.2) is 0 Å². The number of piperidine rings is 1. The Bertz CT molecular complexity index is 573. The number of nitrogens with two attached hydrogens (primary N) is 1. The summed E-state index contributed by atoms with van der Waals surface area (Å²) in [5.41, 5.74) is 9.10. The van der Waals surface area contributed by atoms with Gasteiger partial charge in [-0.3, -0.25) is 19.8 Å². The third-order valence-corrected chi connectivity index (χ3v) is 4.12. The molecule has 2 aliphatic rings. The molecular weight excluding hydrogens is 268 g/mol. The second-order valence-electron chi connectivity index (χ2n) is 5.53. The summed E-state index contributed by atoms with van der Waals surface area (Å²) in [6, 6.07) is 5.95. The highest BCUT2D eigenvalue weighted by molar-refractivity contribution is 6.00. The van der Waals surface area contributed by atoms with Crippen LogP contribution in [0.1, 0.15) is 24.0 Å². The van der Waals surface area contributed by atoms with Gasteiger partial charge in [0.1, 0.15) is 0 Å². The van der Waals surface area contributed by atoms with Crippen molar-refractivity contribution in [2.45, 2.75) is 32.0 Å². The maximum atomic E-state index is 12.0. The molecule has 0 aliphatic carbocycles.